The lowest BCUT2D eigenvalue weighted by Gasteiger charge is -2.12. The molecule has 6 heteroatoms. The summed E-state index contributed by atoms with van der Waals surface area (Å²) < 4.78 is 15.1. The molecule has 0 saturated carbocycles. The van der Waals surface area contributed by atoms with E-state index in [1.807, 2.05) is 0 Å². The zero-order valence-corrected chi connectivity index (χ0v) is 12.8. The highest BCUT2D eigenvalue weighted by Gasteiger charge is 2.19. The molecule has 2 aromatic rings. The lowest BCUT2D eigenvalue weighted by atomic mass is 10.1. The van der Waals surface area contributed by atoms with Crippen LogP contribution in [0.2, 0.25) is 5.02 Å². The Balaban J connectivity index is 2.43. The first-order valence-corrected chi connectivity index (χ1v) is 6.90. The van der Waals surface area contributed by atoms with Gasteiger partial charge in [0.25, 0.3) is 0 Å². The van der Waals surface area contributed by atoms with Gasteiger partial charge in [-0.25, -0.2) is 4.39 Å². The second-order valence-corrected chi connectivity index (χ2v) is 5.72. The van der Waals surface area contributed by atoms with E-state index in [0.717, 1.165) is 4.47 Å². The van der Waals surface area contributed by atoms with Crippen LogP contribution in [-0.4, -0.2) is 10.1 Å². The Morgan fingerprint density at radius 2 is 1.94 bits per heavy atom. The molecule has 94 valence electrons. The minimum atomic E-state index is -1.15. The van der Waals surface area contributed by atoms with Crippen LogP contribution in [0, 0.1) is 5.82 Å². The third-order valence-electron chi connectivity index (χ3n) is 2.39. The van der Waals surface area contributed by atoms with Crippen molar-refractivity contribution < 1.29 is 9.50 Å². The number of aliphatic hydroxyl groups excluding tert-OH is 1. The second-order valence-electron chi connectivity index (χ2n) is 3.57. The fourth-order valence-corrected chi connectivity index (χ4v) is 2.17. The smallest absolute Gasteiger partial charge is 0.149 e. The van der Waals surface area contributed by atoms with Gasteiger partial charge < -0.3 is 5.11 Å². The molecule has 0 amide bonds. The number of hydrogen-bond acceptors (Lipinski definition) is 2. The molecule has 2 rings (SSSR count). The highest BCUT2D eigenvalue weighted by atomic mass is 79.9. The summed E-state index contributed by atoms with van der Waals surface area (Å²) in [4.78, 5) is 4.03. The number of halogens is 4. The van der Waals surface area contributed by atoms with Crippen molar-refractivity contribution >= 4 is 43.5 Å². The minimum Gasteiger partial charge on any atom is -0.382 e. The Labute approximate surface area is 125 Å². The number of benzene rings is 1. The van der Waals surface area contributed by atoms with Crippen molar-refractivity contribution in [2.24, 2.45) is 0 Å². The van der Waals surface area contributed by atoms with Crippen molar-refractivity contribution in [2.75, 3.05) is 0 Å². The Hall–Kier alpha value is -0.490. The molecule has 18 heavy (non-hydrogen) atoms. The molecule has 0 bridgehead atoms. The van der Waals surface area contributed by atoms with Gasteiger partial charge in [0.15, 0.2) is 0 Å². The van der Waals surface area contributed by atoms with Crippen LogP contribution in [0.5, 0.6) is 0 Å². The Morgan fingerprint density at radius 1 is 1.22 bits per heavy atom. The van der Waals surface area contributed by atoms with Crippen LogP contribution in [0.3, 0.4) is 0 Å². The molecule has 0 radical (unpaired) electrons. The van der Waals surface area contributed by atoms with Gasteiger partial charge >= 0.3 is 0 Å². The predicted octanol–water partition coefficient (Wildman–Crippen LogP) is 4.48. The Kier molecular flexibility index (Phi) is 4.37. The molecule has 1 unspecified atom stereocenters. The molecule has 0 spiro atoms. The van der Waals surface area contributed by atoms with Gasteiger partial charge in [-0.15, -0.1) is 0 Å². The SMILES string of the molecule is OC(c1ccc(Br)cn1)c1ccc(Br)c(Cl)c1F. The number of hydrogen-bond donors (Lipinski definition) is 1. The molecule has 1 N–H and O–H groups in total. The van der Waals surface area contributed by atoms with E-state index in [4.69, 9.17) is 11.6 Å². The van der Waals surface area contributed by atoms with E-state index >= 15 is 0 Å². The zero-order chi connectivity index (χ0) is 13.3. The standard InChI is InChI=1S/C12H7Br2ClFNO/c13-6-1-4-9(17-5-6)12(18)7-2-3-8(14)10(15)11(7)16/h1-5,12,18H. The first kappa shape index (κ1) is 13.9. The summed E-state index contributed by atoms with van der Waals surface area (Å²) >= 11 is 12.1. The number of aliphatic hydroxyl groups is 1. The van der Waals surface area contributed by atoms with Crippen molar-refractivity contribution in [1.82, 2.24) is 4.98 Å². The van der Waals surface area contributed by atoms with Crippen LogP contribution < -0.4 is 0 Å². The van der Waals surface area contributed by atoms with E-state index < -0.39 is 11.9 Å². The Bertz CT molecular complexity index is 577. The summed E-state index contributed by atoms with van der Waals surface area (Å²) in [6, 6.07) is 6.40. The van der Waals surface area contributed by atoms with Gasteiger partial charge in [0, 0.05) is 20.7 Å². The van der Waals surface area contributed by atoms with Crippen LogP contribution in [0.25, 0.3) is 0 Å². The van der Waals surface area contributed by atoms with Crippen LogP contribution >= 0.6 is 43.5 Å². The van der Waals surface area contributed by atoms with Gasteiger partial charge in [-0.3, -0.25) is 4.98 Å². The normalized spacial score (nSPS) is 12.5. The fraction of sp³-hybridized carbons (Fsp3) is 0.0833. The van der Waals surface area contributed by atoms with E-state index in [9.17, 15) is 9.50 Å². The molecule has 2 nitrogen and oxygen atoms in total. The van der Waals surface area contributed by atoms with Crippen LogP contribution in [0.1, 0.15) is 17.4 Å². The van der Waals surface area contributed by atoms with Crippen LogP contribution in [-0.2, 0) is 0 Å². The molecule has 1 atom stereocenters. The van der Waals surface area contributed by atoms with E-state index in [2.05, 4.69) is 36.8 Å². The molecule has 0 aliphatic heterocycles. The maximum atomic E-state index is 13.9. The zero-order valence-electron chi connectivity index (χ0n) is 8.87. The highest BCUT2D eigenvalue weighted by molar-refractivity contribution is 9.10. The molecule has 1 heterocycles. The van der Waals surface area contributed by atoms with Gasteiger partial charge in [0.05, 0.1) is 10.7 Å². The number of nitrogens with zero attached hydrogens (tertiary/aromatic N) is 1. The second kappa shape index (κ2) is 5.65. The lowest BCUT2D eigenvalue weighted by molar-refractivity contribution is 0.210. The quantitative estimate of drug-likeness (QED) is 0.761. The van der Waals surface area contributed by atoms with Gasteiger partial charge in [-0.05, 0) is 50.1 Å². The minimum absolute atomic E-state index is 0.0522. The number of rotatable bonds is 2. The molecule has 0 saturated heterocycles. The Morgan fingerprint density at radius 3 is 2.56 bits per heavy atom. The van der Waals surface area contributed by atoms with Crippen LogP contribution in [0.15, 0.2) is 39.4 Å². The predicted molar refractivity (Wildman–Crippen MR) is 75.1 cm³/mol. The summed E-state index contributed by atoms with van der Waals surface area (Å²) in [6.45, 7) is 0. The maximum absolute atomic E-state index is 13.9. The monoisotopic (exact) mass is 393 g/mol. The first-order chi connectivity index (χ1) is 8.50. The average molecular weight is 395 g/mol. The van der Waals surface area contributed by atoms with Crippen LogP contribution in [0.4, 0.5) is 4.39 Å². The summed E-state index contributed by atoms with van der Waals surface area (Å²) in [5.74, 6) is -0.650. The summed E-state index contributed by atoms with van der Waals surface area (Å²) in [6.07, 6.45) is 0.389. The molecule has 1 aromatic heterocycles. The summed E-state index contributed by atoms with van der Waals surface area (Å²) in [5.41, 5.74) is 0.452. The average Bonchev–Trinajstić information content (AvgIpc) is 2.36. The van der Waals surface area contributed by atoms with Crippen molar-refractivity contribution in [1.29, 1.82) is 0 Å². The fourth-order valence-electron chi connectivity index (χ4n) is 1.46. The van der Waals surface area contributed by atoms with Crippen molar-refractivity contribution in [2.45, 2.75) is 6.10 Å². The summed E-state index contributed by atoms with van der Waals surface area (Å²) in [5, 5.41) is 10.0. The topological polar surface area (TPSA) is 33.1 Å². The van der Waals surface area contributed by atoms with E-state index in [-0.39, 0.29) is 10.6 Å². The molecule has 1 aromatic carbocycles. The number of pyridine rings is 1. The van der Waals surface area contributed by atoms with Gasteiger partial charge in [-0.2, -0.15) is 0 Å². The lowest BCUT2D eigenvalue weighted by Crippen LogP contribution is -2.05. The third kappa shape index (κ3) is 2.74. The van der Waals surface area contributed by atoms with Crippen molar-refractivity contribution in [3.8, 4) is 0 Å². The number of aromatic nitrogens is 1. The largest absolute Gasteiger partial charge is 0.382 e. The summed E-state index contributed by atoms with van der Waals surface area (Å²) in [7, 11) is 0. The van der Waals surface area contributed by atoms with E-state index in [1.165, 1.54) is 12.3 Å². The van der Waals surface area contributed by atoms with Gasteiger partial charge in [-0.1, -0.05) is 17.7 Å². The molecule has 0 aliphatic carbocycles. The van der Waals surface area contributed by atoms with Crippen molar-refractivity contribution in [3.05, 3.63) is 61.5 Å². The maximum Gasteiger partial charge on any atom is 0.149 e. The first-order valence-electron chi connectivity index (χ1n) is 4.93. The van der Waals surface area contributed by atoms with E-state index in [1.54, 1.807) is 18.2 Å². The van der Waals surface area contributed by atoms with Gasteiger partial charge in [0.1, 0.15) is 11.9 Å². The molecular formula is C12H7Br2ClFNO. The highest BCUT2D eigenvalue weighted by Crippen LogP contribution is 2.32. The molecule has 0 aliphatic rings. The molecular weight excluding hydrogens is 388 g/mol. The van der Waals surface area contributed by atoms with E-state index in [0.29, 0.717) is 10.2 Å². The molecule has 0 fully saturated rings. The third-order valence-corrected chi connectivity index (χ3v) is 4.12. The van der Waals surface area contributed by atoms with Gasteiger partial charge in [0.2, 0.25) is 0 Å². The van der Waals surface area contributed by atoms with Crippen molar-refractivity contribution in [3.63, 3.8) is 0 Å².